The van der Waals surface area contributed by atoms with E-state index in [1.807, 2.05) is 30.3 Å². The van der Waals surface area contributed by atoms with Crippen LogP contribution < -0.4 is 0 Å². The van der Waals surface area contributed by atoms with Gasteiger partial charge in [-0.25, -0.2) is 0 Å². The fourth-order valence-electron chi connectivity index (χ4n) is 3.65. The minimum absolute atomic E-state index is 0.142. The highest BCUT2D eigenvalue weighted by atomic mass is 19.4. The number of nitrogens with zero attached hydrogens (tertiary/aromatic N) is 3. The summed E-state index contributed by atoms with van der Waals surface area (Å²) in [4.78, 5) is 3.64. The highest BCUT2D eigenvalue weighted by molar-refractivity contribution is 6.05. The summed E-state index contributed by atoms with van der Waals surface area (Å²) >= 11 is 0. The van der Waals surface area contributed by atoms with Gasteiger partial charge in [-0.1, -0.05) is 61.4 Å². The van der Waals surface area contributed by atoms with Crippen LogP contribution in [0, 0.1) is 17.8 Å². The van der Waals surface area contributed by atoms with E-state index < -0.39 is 17.8 Å². The zero-order valence-electron chi connectivity index (χ0n) is 19.8. The van der Waals surface area contributed by atoms with Crippen LogP contribution in [-0.2, 0) is 22.3 Å². The van der Waals surface area contributed by atoms with Gasteiger partial charge in [-0.15, -0.1) is 10.2 Å². The smallest absolute Gasteiger partial charge is 0.417 e. The normalized spacial score (nSPS) is 19.8. The van der Waals surface area contributed by atoms with E-state index in [0.29, 0.717) is 37.2 Å². The topological polar surface area (TPSA) is 56.1 Å². The van der Waals surface area contributed by atoms with Crippen molar-refractivity contribution in [1.29, 1.82) is 0 Å². The summed E-state index contributed by atoms with van der Waals surface area (Å²) in [5.41, 5.74) is 1.83. The molecule has 0 bridgehead atoms. The second-order valence-electron chi connectivity index (χ2n) is 8.70. The van der Waals surface area contributed by atoms with Crippen LogP contribution in [0.3, 0.4) is 0 Å². The van der Waals surface area contributed by atoms with Gasteiger partial charge in [-0.05, 0) is 41.9 Å². The number of halogens is 3. The average Bonchev–Trinajstić information content (AvgIpc) is 3.09. The first-order chi connectivity index (χ1) is 17.4. The molecule has 1 aromatic carbocycles. The van der Waals surface area contributed by atoms with Crippen molar-refractivity contribution < 1.29 is 22.6 Å². The zero-order valence-corrected chi connectivity index (χ0v) is 19.8. The fraction of sp³-hybridized carbons (Fsp3) is 0.321. The summed E-state index contributed by atoms with van der Waals surface area (Å²) < 4.78 is 51.0. The van der Waals surface area contributed by atoms with E-state index in [9.17, 15) is 13.2 Å². The second-order valence-corrected chi connectivity index (χ2v) is 8.70. The molecule has 0 saturated heterocycles. The third-order valence-electron chi connectivity index (χ3n) is 5.73. The van der Waals surface area contributed by atoms with Crippen molar-refractivity contribution >= 4 is 11.6 Å². The van der Waals surface area contributed by atoms with Crippen molar-refractivity contribution in [3.8, 4) is 11.8 Å². The second kappa shape index (κ2) is 11.8. The molecule has 0 N–H and O–H groups in total. The monoisotopic (exact) mass is 493 g/mol. The molecule has 5 nitrogen and oxygen atoms in total. The van der Waals surface area contributed by atoms with Gasteiger partial charge in [0.1, 0.15) is 18.4 Å². The first kappa shape index (κ1) is 25.4. The van der Waals surface area contributed by atoms with Gasteiger partial charge in [-0.3, -0.25) is 4.98 Å². The highest BCUT2D eigenvalue weighted by Crippen LogP contribution is 2.28. The molecule has 2 aromatic rings. The average molecular weight is 494 g/mol. The van der Waals surface area contributed by atoms with Crippen LogP contribution in [0.1, 0.15) is 42.9 Å². The number of pyridine rings is 1. The van der Waals surface area contributed by atoms with Crippen molar-refractivity contribution in [2.24, 2.45) is 16.1 Å². The molecule has 4 rings (SSSR count). The molecule has 2 aliphatic rings. The standard InChI is InChI=1S/C28H26F3N3O2/c1-20-6-5-9-22(11-10-20)19-36-27-26(35-18-21-7-3-2-4-8-21)15-25(33-34-27)13-12-23-14-24(17-32-16-23)28(29,30)31/h2-9,14,16-17,20,26H,10-11,15,18-19H2,1H3. The van der Waals surface area contributed by atoms with Crippen molar-refractivity contribution in [1.82, 2.24) is 4.98 Å². The predicted molar refractivity (Wildman–Crippen MR) is 132 cm³/mol. The molecule has 2 atom stereocenters. The molecule has 2 heterocycles. The van der Waals surface area contributed by atoms with E-state index in [2.05, 4.69) is 52.2 Å². The number of rotatable bonds is 5. The molecule has 1 aliphatic carbocycles. The number of alkyl halides is 3. The van der Waals surface area contributed by atoms with Crippen LogP contribution >= 0.6 is 0 Å². The fourth-order valence-corrected chi connectivity index (χ4v) is 3.65. The minimum atomic E-state index is -4.49. The molecule has 1 aliphatic heterocycles. The Hall–Kier alpha value is -3.70. The van der Waals surface area contributed by atoms with Gasteiger partial charge >= 0.3 is 6.18 Å². The van der Waals surface area contributed by atoms with Crippen molar-refractivity contribution in [2.45, 2.75) is 45.1 Å². The van der Waals surface area contributed by atoms with E-state index in [0.717, 1.165) is 36.2 Å². The molecular weight excluding hydrogens is 467 g/mol. The van der Waals surface area contributed by atoms with E-state index in [1.165, 1.54) is 6.20 Å². The molecule has 0 fully saturated rings. The molecule has 0 spiro atoms. The van der Waals surface area contributed by atoms with Crippen molar-refractivity contribution in [3.63, 3.8) is 0 Å². The van der Waals surface area contributed by atoms with Gasteiger partial charge in [0.25, 0.3) is 0 Å². The highest BCUT2D eigenvalue weighted by Gasteiger charge is 2.31. The van der Waals surface area contributed by atoms with Gasteiger partial charge < -0.3 is 9.47 Å². The summed E-state index contributed by atoms with van der Waals surface area (Å²) in [5, 5.41) is 8.36. The van der Waals surface area contributed by atoms with Gasteiger partial charge in [-0.2, -0.15) is 13.2 Å². The third-order valence-corrected chi connectivity index (χ3v) is 5.73. The Bertz CT molecular complexity index is 1240. The largest absolute Gasteiger partial charge is 0.473 e. The lowest BCUT2D eigenvalue weighted by Crippen LogP contribution is -2.32. The number of aromatic nitrogens is 1. The summed E-state index contributed by atoms with van der Waals surface area (Å²) in [6.07, 6.45) is 5.61. The molecule has 2 unspecified atom stereocenters. The van der Waals surface area contributed by atoms with Crippen LogP contribution in [-0.4, -0.2) is 29.3 Å². The van der Waals surface area contributed by atoms with E-state index >= 15 is 0 Å². The Kier molecular flexibility index (Phi) is 8.34. The Balaban J connectivity index is 1.48. The molecule has 0 saturated carbocycles. The molecule has 186 valence electrons. The summed E-state index contributed by atoms with van der Waals surface area (Å²) in [7, 11) is 0. The Morgan fingerprint density at radius 2 is 1.89 bits per heavy atom. The maximum Gasteiger partial charge on any atom is 0.417 e. The Morgan fingerprint density at radius 1 is 1.06 bits per heavy atom. The predicted octanol–water partition coefficient (Wildman–Crippen LogP) is 6.12. The molecule has 0 radical (unpaired) electrons. The van der Waals surface area contributed by atoms with Crippen LogP contribution in [0.5, 0.6) is 0 Å². The number of benzene rings is 1. The molecule has 1 aromatic heterocycles. The molecule has 8 heteroatoms. The number of hydrogen-bond acceptors (Lipinski definition) is 5. The van der Waals surface area contributed by atoms with Crippen LogP contribution in [0.4, 0.5) is 13.2 Å². The summed E-state index contributed by atoms with van der Waals surface area (Å²) in [6, 6.07) is 10.7. The van der Waals surface area contributed by atoms with Crippen LogP contribution in [0.2, 0.25) is 0 Å². The quantitative estimate of drug-likeness (QED) is 0.471. The summed E-state index contributed by atoms with van der Waals surface area (Å²) in [6.45, 7) is 2.90. The Labute approximate surface area is 208 Å². The molecular formula is C28H26F3N3O2. The van der Waals surface area contributed by atoms with E-state index in [1.54, 1.807) is 0 Å². The Morgan fingerprint density at radius 3 is 2.69 bits per heavy atom. The van der Waals surface area contributed by atoms with Gasteiger partial charge in [0.15, 0.2) is 0 Å². The van der Waals surface area contributed by atoms with Gasteiger partial charge in [0.2, 0.25) is 5.90 Å². The van der Waals surface area contributed by atoms with Crippen LogP contribution in [0.15, 0.2) is 82.8 Å². The van der Waals surface area contributed by atoms with E-state index in [4.69, 9.17) is 9.47 Å². The van der Waals surface area contributed by atoms with Crippen molar-refractivity contribution in [3.05, 3.63) is 89.3 Å². The lowest BCUT2D eigenvalue weighted by molar-refractivity contribution is -0.137. The SMILES string of the molecule is CC1C=CC=C(COC2=NN=C(C#Cc3cncc(C(F)(F)F)c3)CC2OCc2ccccc2)CC1. The number of hydrogen-bond donors (Lipinski definition) is 0. The third kappa shape index (κ3) is 7.40. The maximum absolute atomic E-state index is 13.0. The maximum atomic E-state index is 13.0. The van der Waals surface area contributed by atoms with Gasteiger partial charge in [0, 0.05) is 24.4 Å². The minimum Gasteiger partial charge on any atom is -0.473 e. The lowest BCUT2D eigenvalue weighted by Gasteiger charge is -2.22. The first-order valence-corrected chi connectivity index (χ1v) is 11.7. The number of allylic oxidation sites excluding steroid dienone is 3. The zero-order chi connectivity index (χ0) is 25.4. The van der Waals surface area contributed by atoms with Crippen molar-refractivity contribution in [2.75, 3.05) is 6.61 Å². The van der Waals surface area contributed by atoms with E-state index in [-0.39, 0.29) is 5.56 Å². The molecule has 0 amide bonds. The number of ether oxygens (including phenoxy) is 2. The first-order valence-electron chi connectivity index (χ1n) is 11.7. The van der Waals surface area contributed by atoms with Crippen LogP contribution in [0.25, 0.3) is 0 Å². The summed E-state index contributed by atoms with van der Waals surface area (Å²) in [5.74, 6) is 6.40. The lowest BCUT2D eigenvalue weighted by atomic mass is 10.0. The molecule has 36 heavy (non-hydrogen) atoms. The van der Waals surface area contributed by atoms with Gasteiger partial charge in [0.05, 0.1) is 12.2 Å².